The van der Waals surface area contributed by atoms with Crippen molar-refractivity contribution in [2.45, 2.75) is 24.9 Å². The quantitative estimate of drug-likeness (QED) is 0.749. The predicted molar refractivity (Wildman–Crippen MR) is 90.6 cm³/mol. The Morgan fingerprint density at radius 1 is 1.15 bits per heavy atom. The second kappa shape index (κ2) is 7.53. The number of nitrogens with one attached hydrogen (secondary N) is 3. The number of hydrazine groups is 1. The first-order valence-electron chi connectivity index (χ1n) is 7.73. The summed E-state index contributed by atoms with van der Waals surface area (Å²) >= 11 is 5.86. The number of carbonyl (C=O) groups is 1. The molecule has 0 bridgehead atoms. The maximum absolute atomic E-state index is 12.3. The van der Waals surface area contributed by atoms with Crippen LogP contribution in [-0.2, 0) is 4.79 Å². The fraction of sp³-hybridized carbons (Fsp3) is 0.235. The number of amides is 1. The summed E-state index contributed by atoms with van der Waals surface area (Å²) in [5.41, 5.74) is 7.10. The van der Waals surface area contributed by atoms with E-state index in [0.29, 0.717) is 11.4 Å². The number of hydrogen-bond donors (Lipinski definition) is 3. The second-order valence-electron chi connectivity index (χ2n) is 5.75. The van der Waals surface area contributed by atoms with Gasteiger partial charge in [-0.15, -0.1) is 13.2 Å². The van der Waals surface area contributed by atoms with Crippen molar-refractivity contribution < 1.29 is 22.7 Å². The minimum absolute atomic E-state index is 0.0806. The molecular weight excluding hydrogens is 371 g/mol. The average Bonchev–Trinajstić information content (AvgIpc) is 3.04. The lowest BCUT2D eigenvalue weighted by Crippen LogP contribution is -2.39. The van der Waals surface area contributed by atoms with Gasteiger partial charge in [-0.25, -0.2) is 10.9 Å². The van der Waals surface area contributed by atoms with E-state index in [4.69, 9.17) is 11.6 Å². The van der Waals surface area contributed by atoms with Crippen molar-refractivity contribution >= 4 is 23.2 Å². The van der Waals surface area contributed by atoms with Crippen LogP contribution in [0.3, 0.4) is 0 Å². The molecule has 2 atom stereocenters. The summed E-state index contributed by atoms with van der Waals surface area (Å²) in [5, 5.41) is 3.20. The molecule has 1 saturated heterocycles. The van der Waals surface area contributed by atoms with Gasteiger partial charge in [0.15, 0.2) is 0 Å². The van der Waals surface area contributed by atoms with E-state index in [2.05, 4.69) is 20.9 Å². The molecule has 1 fully saturated rings. The highest BCUT2D eigenvalue weighted by Gasteiger charge is 2.32. The molecule has 1 aliphatic rings. The Morgan fingerprint density at radius 3 is 2.58 bits per heavy atom. The van der Waals surface area contributed by atoms with Crippen LogP contribution in [0.5, 0.6) is 5.75 Å². The van der Waals surface area contributed by atoms with Crippen molar-refractivity contribution in [2.75, 3.05) is 5.32 Å². The van der Waals surface area contributed by atoms with Crippen LogP contribution in [0, 0.1) is 0 Å². The molecule has 0 saturated carbocycles. The van der Waals surface area contributed by atoms with E-state index in [1.807, 2.05) is 12.1 Å². The van der Waals surface area contributed by atoms with E-state index in [1.54, 1.807) is 12.1 Å². The molecule has 3 N–H and O–H groups in total. The molecule has 1 heterocycles. The third-order valence-corrected chi connectivity index (χ3v) is 4.08. The van der Waals surface area contributed by atoms with Gasteiger partial charge in [0.2, 0.25) is 5.91 Å². The number of carbonyl (C=O) groups excluding carboxylic acids is 1. The van der Waals surface area contributed by atoms with E-state index in [1.165, 1.54) is 12.1 Å². The van der Waals surface area contributed by atoms with E-state index in [0.717, 1.165) is 17.7 Å². The maximum Gasteiger partial charge on any atom is 0.573 e. The van der Waals surface area contributed by atoms with Crippen LogP contribution in [0.2, 0.25) is 5.02 Å². The van der Waals surface area contributed by atoms with E-state index in [9.17, 15) is 18.0 Å². The molecule has 0 aliphatic carbocycles. The van der Waals surface area contributed by atoms with Gasteiger partial charge in [0, 0.05) is 22.8 Å². The molecule has 2 unspecified atom stereocenters. The van der Waals surface area contributed by atoms with Crippen LogP contribution in [0.1, 0.15) is 18.0 Å². The molecule has 1 amide bonds. The van der Waals surface area contributed by atoms with Gasteiger partial charge in [-0.3, -0.25) is 4.79 Å². The van der Waals surface area contributed by atoms with Gasteiger partial charge < -0.3 is 10.1 Å². The molecule has 2 aromatic rings. The molecule has 26 heavy (non-hydrogen) atoms. The molecule has 9 heteroatoms. The van der Waals surface area contributed by atoms with Gasteiger partial charge in [0.1, 0.15) is 11.8 Å². The summed E-state index contributed by atoms with van der Waals surface area (Å²) in [4.78, 5) is 12.3. The molecule has 0 aromatic heterocycles. The number of halogens is 4. The topological polar surface area (TPSA) is 62.4 Å². The Bertz CT molecular complexity index is 784. The summed E-state index contributed by atoms with van der Waals surface area (Å²) < 4.78 is 40.7. The number of benzene rings is 2. The highest BCUT2D eigenvalue weighted by atomic mass is 35.5. The Hall–Kier alpha value is -2.29. The molecule has 0 spiro atoms. The molecule has 0 radical (unpaired) electrons. The van der Waals surface area contributed by atoms with Crippen LogP contribution >= 0.6 is 11.6 Å². The lowest BCUT2D eigenvalue weighted by atomic mass is 10.0. The molecule has 2 aromatic carbocycles. The highest BCUT2D eigenvalue weighted by molar-refractivity contribution is 6.30. The standard InChI is InChI=1S/C17H15ClF3N3O2/c18-11-6-4-10(5-7-11)14-9-15(24-23-14)16(25)22-12-2-1-3-13(8-12)26-17(19,20)21/h1-8,14-15,23-24H,9H2,(H,22,25). The normalized spacial score (nSPS) is 20.0. The SMILES string of the molecule is O=C(Nc1cccc(OC(F)(F)F)c1)C1CC(c2ccc(Cl)cc2)NN1. The smallest absolute Gasteiger partial charge is 0.406 e. The number of ether oxygens (including phenoxy) is 1. The van der Waals surface area contributed by atoms with Crippen molar-refractivity contribution in [1.82, 2.24) is 10.9 Å². The van der Waals surface area contributed by atoms with Gasteiger partial charge in [0.25, 0.3) is 0 Å². The molecular formula is C17H15ClF3N3O2. The lowest BCUT2D eigenvalue weighted by Gasteiger charge is -2.13. The van der Waals surface area contributed by atoms with Crippen molar-refractivity contribution in [2.24, 2.45) is 0 Å². The van der Waals surface area contributed by atoms with Crippen LogP contribution in [-0.4, -0.2) is 18.3 Å². The lowest BCUT2D eigenvalue weighted by molar-refractivity contribution is -0.274. The summed E-state index contributed by atoms with van der Waals surface area (Å²) in [6.45, 7) is 0. The third-order valence-electron chi connectivity index (χ3n) is 3.83. The zero-order valence-electron chi connectivity index (χ0n) is 13.3. The van der Waals surface area contributed by atoms with E-state index < -0.39 is 18.2 Å². The van der Waals surface area contributed by atoms with Gasteiger partial charge in [-0.1, -0.05) is 29.8 Å². The zero-order chi connectivity index (χ0) is 18.7. The summed E-state index contributed by atoms with van der Waals surface area (Å²) in [6, 6.07) is 11.8. The van der Waals surface area contributed by atoms with Crippen molar-refractivity contribution in [1.29, 1.82) is 0 Å². The van der Waals surface area contributed by atoms with E-state index >= 15 is 0 Å². The summed E-state index contributed by atoms with van der Waals surface area (Å²) in [5.74, 6) is -0.759. The zero-order valence-corrected chi connectivity index (χ0v) is 14.1. The van der Waals surface area contributed by atoms with Crippen LogP contribution in [0.25, 0.3) is 0 Å². The number of alkyl halides is 3. The molecule has 1 aliphatic heterocycles. The number of anilines is 1. The summed E-state index contributed by atoms with van der Waals surface area (Å²) in [7, 11) is 0. The highest BCUT2D eigenvalue weighted by Crippen LogP contribution is 2.27. The Kier molecular flexibility index (Phi) is 5.36. The van der Waals surface area contributed by atoms with Crippen LogP contribution in [0.15, 0.2) is 48.5 Å². The number of hydrogen-bond acceptors (Lipinski definition) is 4. The van der Waals surface area contributed by atoms with Crippen molar-refractivity contribution in [3.8, 4) is 5.75 Å². The maximum atomic E-state index is 12.3. The van der Waals surface area contributed by atoms with Crippen LogP contribution in [0.4, 0.5) is 18.9 Å². The number of rotatable bonds is 4. The minimum atomic E-state index is -4.79. The second-order valence-corrected chi connectivity index (χ2v) is 6.18. The Labute approximate surface area is 152 Å². The summed E-state index contributed by atoms with van der Waals surface area (Å²) in [6.07, 6.45) is -4.31. The first-order valence-corrected chi connectivity index (χ1v) is 8.11. The Morgan fingerprint density at radius 2 is 1.88 bits per heavy atom. The molecule has 3 rings (SSSR count). The van der Waals surface area contributed by atoms with Crippen LogP contribution < -0.4 is 20.9 Å². The fourth-order valence-corrected chi connectivity index (χ4v) is 2.77. The fourth-order valence-electron chi connectivity index (χ4n) is 2.64. The largest absolute Gasteiger partial charge is 0.573 e. The van der Waals surface area contributed by atoms with Gasteiger partial charge in [-0.2, -0.15) is 0 Å². The molecule has 5 nitrogen and oxygen atoms in total. The Balaban J connectivity index is 1.60. The third kappa shape index (κ3) is 4.87. The van der Waals surface area contributed by atoms with E-state index in [-0.39, 0.29) is 17.6 Å². The monoisotopic (exact) mass is 385 g/mol. The average molecular weight is 386 g/mol. The minimum Gasteiger partial charge on any atom is -0.406 e. The predicted octanol–water partition coefficient (Wildman–Crippen LogP) is 3.78. The first kappa shape index (κ1) is 18.5. The molecule has 138 valence electrons. The van der Waals surface area contributed by atoms with Gasteiger partial charge in [-0.05, 0) is 36.2 Å². The van der Waals surface area contributed by atoms with Gasteiger partial charge in [0.05, 0.1) is 0 Å². The first-order chi connectivity index (χ1) is 12.3. The van der Waals surface area contributed by atoms with Crippen molar-refractivity contribution in [3.63, 3.8) is 0 Å². The van der Waals surface area contributed by atoms with Crippen molar-refractivity contribution in [3.05, 3.63) is 59.1 Å². The van der Waals surface area contributed by atoms with Gasteiger partial charge >= 0.3 is 6.36 Å².